The molecule has 0 fully saturated rings. The fraction of sp³-hybridized carbons (Fsp3) is 0.406. The third-order valence-corrected chi connectivity index (χ3v) is 11.3. The number of benzene rings is 3. The molecule has 0 saturated heterocycles. The summed E-state index contributed by atoms with van der Waals surface area (Å²) in [7, 11) is -1.68. The van der Waals surface area contributed by atoms with Crippen molar-refractivity contribution in [2.45, 2.75) is 71.1 Å². The number of ether oxygens (including phenoxy) is 1. The molecule has 0 aliphatic rings. The average molecular weight is 570 g/mol. The van der Waals surface area contributed by atoms with E-state index in [2.05, 4.69) is 91.0 Å². The van der Waals surface area contributed by atoms with Crippen molar-refractivity contribution in [3.8, 4) is 0 Å². The minimum absolute atomic E-state index is 0. The zero-order chi connectivity index (χ0) is 24.6. The van der Waals surface area contributed by atoms with Crippen LogP contribution < -0.4 is 32.9 Å². The van der Waals surface area contributed by atoms with E-state index in [-0.39, 0.29) is 23.0 Å². The van der Waals surface area contributed by atoms with Crippen LogP contribution in [-0.2, 0) is 9.53 Å². The smallest absolute Gasteiger partial charge is 0.305 e. The molecule has 0 radical (unpaired) electrons. The van der Waals surface area contributed by atoms with Gasteiger partial charge in [0.25, 0.3) is 0 Å². The van der Waals surface area contributed by atoms with Crippen LogP contribution in [0.5, 0.6) is 0 Å². The molecule has 0 atom stereocenters. The molecular formula is C32H42BrO2P. The lowest BCUT2D eigenvalue weighted by molar-refractivity contribution is -0.143. The minimum atomic E-state index is -1.68. The molecule has 0 spiro atoms. The normalized spacial score (nSPS) is 11.0. The molecule has 0 unspecified atom stereocenters. The summed E-state index contributed by atoms with van der Waals surface area (Å²) in [6, 6.07) is 33.6. The van der Waals surface area contributed by atoms with E-state index in [1.807, 2.05) is 6.92 Å². The minimum Gasteiger partial charge on any atom is -1.00 e. The summed E-state index contributed by atoms with van der Waals surface area (Å²) in [5.74, 6) is -0.0482. The van der Waals surface area contributed by atoms with Crippen molar-refractivity contribution < 1.29 is 26.5 Å². The lowest BCUT2D eigenvalue weighted by atomic mass is 10.1. The Morgan fingerprint density at radius 3 is 1.33 bits per heavy atom. The number of hydrogen-bond donors (Lipinski definition) is 0. The molecule has 0 aromatic heterocycles. The van der Waals surface area contributed by atoms with Crippen LogP contribution in [0, 0.1) is 0 Å². The molecule has 0 aliphatic heterocycles. The van der Waals surface area contributed by atoms with Gasteiger partial charge < -0.3 is 21.7 Å². The van der Waals surface area contributed by atoms with E-state index >= 15 is 0 Å². The number of hydrogen-bond acceptors (Lipinski definition) is 2. The van der Waals surface area contributed by atoms with Gasteiger partial charge in [-0.15, -0.1) is 0 Å². The lowest BCUT2D eigenvalue weighted by Crippen LogP contribution is -3.00. The lowest BCUT2D eigenvalue weighted by Gasteiger charge is -2.27. The molecule has 3 aromatic carbocycles. The quantitative estimate of drug-likeness (QED) is 0.145. The highest BCUT2D eigenvalue weighted by Crippen LogP contribution is 2.55. The highest BCUT2D eigenvalue weighted by Gasteiger charge is 2.44. The summed E-state index contributed by atoms with van der Waals surface area (Å²) >= 11 is 0. The first-order valence-electron chi connectivity index (χ1n) is 13.5. The van der Waals surface area contributed by atoms with Gasteiger partial charge in [-0.1, -0.05) is 93.1 Å². The summed E-state index contributed by atoms with van der Waals surface area (Å²) in [6.07, 6.45) is 12.9. The van der Waals surface area contributed by atoms with Gasteiger partial charge in [0.05, 0.1) is 12.8 Å². The second kappa shape index (κ2) is 17.5. The molecule has 0 heterocycles. The van der Waals surface area contributed by atoms with E-state index in [0.717, 1.165) is 12.8 Å². The molecule has 0 saturated carbocycles. The third kappa shape index (κ3) is 9.16. The third-order valence-electron chi connectivity index (χ3n) is 6.77. The van der Waals surface area contributed by atoms with Gasteiger partial charge in [0, 0.05) is 6.42 Å². The predicted molar refractivity (Wildman–Crippen MR) is 153 cm³/mol. The van der Waals surface area contributed by atoms with E-state index in [4.69, 9.17) is 4.74 Å². The first-order valence-corrected chi connectivity index (χ1v) is 15.5. The van der Waals surface area contributed by atoms with Crippen LogP contribution >= 0.6 is 7.26 Å². The first kappa shape index (κ1) is 30.3. The average Bonchev–Trinajstić information content (AvgIpc) is 2.91. The van der Waals surface area contributed by atoms with E-state index in [0.29, 0.717) is 13.0 Å². The molecular weight excluding hydrogens is 527 g/mol. The number of unbranched alkanes of at least 4 members (excludes halogenated alkanes) is 8. The number of carbonyl (C=O) groups is 1. The van der Waals surface area contributed by atoms with Crippen LogP contribution in [0.25, 0.3) is 0 Å². The van der Waals surface area contributed by atoms with Gasteiger partial charge in [-0.25, -0.2) is 0 Å². The Labute approximate surface area is 230 Å². The zero-order valence-corrected chi connectivity index (χ0v) is 24.3. The Bertz CT molecular complexity index is 867. The molecule has 0 aliphatic carbocycles. The van der Waals surface area contributed by atoms with Crippen LogP contribution in [-0.4, -0.2) is 18.7 Å². The van der Waals surface area contributed by atoms with Crippen molar-refractivity contribution in [3.63, 3.8) is 0 Å². The van der Waals surface area contributed by atoms with Crippen LogP contribution in [0.15, 0.2) is 91.0 Å². The predicted octanol–water partition coefficient (Wildman–Crippen LogP) is 4.45. The van der Waals surface area contributed by atoms with Crippen LogP contribution in [0.1, 0.15) is 71.1 Å². The van der Waals surface area contributed by atoms with Crippen molar-refractivity contribution in [2.24, 2.45) is 0 Å². The summed E-state index contributed by atoms with van der Waals surface area (Å²) in [5.41, 5.74) is 0. The summed E-state index contributed by atoms with van der Waals surface area (Å²) in [5, 5.41) is 4.46. The molecule has 4 heteroatoms. The molecule has 0 amide bonds. The van der Waals surface area contributed by atoms with E-state index in [1.165, 1.54) is 67.0 Å². The fourth-order valence-electron chi connectivity index (χ4n) is 4.97. The Kier molecular flexibility index (Phi) is 14.7. The fourth-order valence-corrected chi connectivity index (χ4v) is 9.38. The van der Waals surface area contributed by atoms with Crippen LogP contribution in [0.3, 0.4) is 0 Å². The van der Waals surface area contributed by atoms with Crippen LogP contribution in [0.4, 0.5) is 0 Å². The zero-order valence-electron chi connectivity index (χ0n) is 21.8. The monoisotopic (exact) mass is 568 g/mol. The summed E-state index contributed by atoms with van der Waals surface area (Å²) in [4.78, 5) is 11.4. The Hall–Kier alpha value is -1.96. The number of halogens is 1. The van der Waals surface area contributed by atoms with Gasteiger partial charge in [0.15, 0.2) is 0 Å². The number of carbonyl (C=O) groups excluding carboxylic acids is 1. The standard InChI is InChI=1S/C32H42O2P.BrH/c1-2-34-32(33)27-19-8-6-4-3-5-7-9-20-28-35(29-21-13-10-14-22-29,30-23-15-11-16-24-30)31-25-17-12-18-26-31;/h10-18,21-26H,2-9,19-20,27-28H2,1H3;1H/q+1;/p-1. The molecule has 3 aromatic rings. The van der Waals surface area contributed by atoms with Gasteiger partial charge >= 0.3 is 5.97 Å². The first-order chi connectivity index (χ1) is 17.3. The molecule has 194 valence electrons. The van der Waals surface area contributed by atoms with Gasteiger partial charge in [-0.2, -0.15) is 0 Å². The van der Waals surface area contributed by atoms with Gasteiger partial charge in [-0.05, 0) is 62.6 Å². The van der Waals surface area contributed by atoms with Crippen molar-refractivity contribution >= 4 is 29.1 Å². The number of rotatable bonds is 16. The van der Waals surface area contributed by atoms with Crippen LogP contribution in [0.2, 0.25) is 0 Å². The van der Waals surface area contributed by atoms with E-state index in [9.17, 15) is 4.79 Å². The molecule has 0 N–H and O–H groups in total. The largest absolute Gasteiger partial charge is 1.00 e. The van der Waals surface area contributed by atoms with Crippen molar-refractivity contribution in [1.82, 2.24) is 0 Å². The molecule has 36 heavy (non-hydrogen) atoms. The summed E-state index contributed by atoms with van der Waals surface area (Å²) < 4.78 is 5.00. The van der Waals surface area contributed by atoms with Crippen molar-refractivity contribution in [1.29, 1.82) is 0 Å². The topological polar surface area (TPSA) is 26.3 Å². The molecule has 3 rings (SSSR count). The SMILES string of the molecule is CCOC(=O)CCCCCCCCCCC[P+](c1ccccc1)(c1ccccc1)c1ccccc1.[Br-]. The van der Waals surface area contributed by atoms with Crippen molar-refractivity contribution in [3.05, 3.63) is 91.0 Å². The van der Waals surface area contributed by atoms with Gasteiger partial charge in [0.2, 0.25) is 0 Å². The number of esters is 1. The summed E-state index contributed by atoms with van der Waals surface area (Å²) in [6.45, 7) is 2.36. The van der Waals surface area contributed by atoms with E-state index < -0.39 is 7.26 Å². The second-order valence-electron chi connectivity index (χ2n) is 9.28. The Morgan fingerprint density at radius 1 is 0.583 bits per heavy atom. The molecule has 0 bridgehead atoms. The van der Waals surface area contributed by atoms with Crippen molar-refractivity contribution in [2.75, 3.05) is 12.8 Å². The maximum absolute atomic E-state index is 11.4. The van der Waals surface area contributed by atoms with Gasteiger partial charge in [-0.3, -0.25) is 4.79 Å². The van der Waals surface area contributed by atoms with Gasteiger partial charge in [0.1, 0.15) is 23.2 Å². The maximum atomic E-state index is 11.4. The Balaban J connectivity index is 0.00000456. The van der Waals surface area contributed by atoms with E-state index in [1.54, 1.807) is 0 Å². The Morgan fingerprint density at radius 2 is 0.944 bits per heavy atom. The highest BCUT2D eigenvalue weighted by molar-refractivity contribution is 7.95. The second-order valence-corrected chi connectivity index (χ2v) is 12.9. The molecule has 2 nitrogen and oxygen atoms in total. The highest BCUT2D eigenvalue weighted by atomic mass is 79.9. The maximum Gasteiger partial charge on any atom is 0.305 e.